The molecule has 0 unspecified atom stereocenters. The number of aliphatic hydroxyl groups is 1. The predicted octanol–water partition coefficient (Wildman–Crippen LogP) is 4.56. The van der Waals surface area contributed by atoms with Crippen molar-refractivity contribution in [2.24, 2.45) is 0 Å². The number of carbonyl (C=O) groups excluding carboxylic acids is 1. The van der Waals surface area contributed by atoms with Gasteiger partial charge in [0.25, 0.3) is 5.54 Å². The van der Waals surface area contributed by atoms with Gasteiger partial charge in [0, 0.05) is 24.4 Å². The summed E-state index contributed by atoms with van der Waals surface area (Å²) in [6.07, 6.45) is 6.53. The Morgan fingerprint density at radius 1 is 1.27 bits per heavy atom. The van der Waals surface area contributed by atoms with Crippen LogP contribution in [-0.2, 0) is 9.53 Å². The lowest BCUT2D eigenvalue weighted by Gasteiger charge is -2.30. The Kier molecular flexibility index (Phi) is 15.3. The first-order chi connectivity index (χ1) is 15.8. The third-order valence-corrected chi connectivity index (χ3v) is 5.16. The molecule has 8 heteroatoms. The van der Waals surface area contributed by atoms with Crippen LogP contribution in [0.2, 0.25) is 0 Å². The first kappa shape index (κ1) is 30.2. The number of aliphatic hydroxyl groups excluding tert-OH is 1. The number of hydrogen-bond acceptors (Lipinski definition) is 5. The minimum atomic E-state index is -1.24. The number of nitrogens with zero attached hydrogens (tertiary/aromatic N) is 2. The normalized spacial score (nSPS) is 21.6. The highest BCUT2D eigenvalue weighted by Gasteiger charge is 2.45. The van der Waals surface area contributed by atoms with Gasteiger partial charge in [-0.15, -0.1) is 0 Å². The Bertz CT molecular complexity index is 759. The number of allylic oxidation sites excluding steroid dienone is 1. The molecule has 1 saturated heterocycles. The molecule has 0 saturated carbocycles. The van der Waals surface area contributed by atoms with Gasteiger partial charge in [-0.2, -0.15) is 0 Å². The molecular formula is C25H37FN2O5. The number of ether oxygens (including phenoxy) is 1. The van der Waals surface area contributed by atoms with Gasteiger partial charge < -0.3 is 14.7 Å². The Labute approximate surface area is 196 Å². The van der Waals surface area contributed by atoms with E-state index < -0.39 is 17.1 Å². The van der Waals surface area contributed by atoms with E-state index in [0.717, 1.165) is 24.9 Å². The lowest BCUT2D eigenvalue weighted by atomic mass is 9.92. The van der Waals surface area contributed by atoms with E-state index in [0.29, 0.717) is 19.4 Å². The van der Waals surface area contributed by atoms with Gasteiger partial charge in [0.1, 0.15) is 19.0 Å². The number of halogens is 1. The SMILES string of the molecule is C=CC1=C(C=C)CN(C=O)CC1.CC.C[C@@H]1CC[C@](CO)([N+](=O)[O-])CO1.Fc1ccccc1. The second kappa shape index (κ2) is 16.7. The van der Waals surface area contributed by atoms with Crippen LogP contribution in [0.3, 0.4) is 0 Å². The Morgan fingerprint density at radius 3 is 2.24 bits per heavy atom. The number of amides is 1. The molecule has 0 bridgehead atoms. The molecule has 1 N–H and O–H groups in total. The van der Waals surface area contributed by atoms with Crippen molar-refractivity contribution in [1.82, 2.24) is 4.90 Å². The molecule has 2 aliphatic rings. The fraction of sp³-hybridized carbons (Fsp3) is 0.480. The lowest BCUT2D eigenvalue weighted by Crippen LogP contribution is -2.50. The molecule has 33 heavy (non-hydrogen) atoms. The zero-order chi connectivity index (χ0) is 25.3. The smallest absolute Gasteiger partial charge is 0.267 e. The van der Waals surface area contributed by atoms with Gasteiger partial charge in [-0.1, -0.05) is 57.4 Å². The number of nitro groups is 1. The van der Waals surface area contributed by atoms with Crippen molar-refractivity contribution in [2.75, 3.05) is 26.3 Å². The third kappa shape index (κ3) is 10.5. The molecule has 1 aromatic rings. The van der Waals surface area contributed by atoms with E-state index in [-0.39, 0.29) is 18.5 Å². The van der Waals surface area contributed by atoms with Crippen molar-refractivity contribution >= 4 is 6.41 Å². The van der Waals surface area contributed by atoms with Crippen molar-refractivity contribution in [2.45, 2.75) is 51.7 Å². The molecule has 2 aliphatic heterocycles. The van der Waals surface area contributed by atoms with Gasteiger partial charge in [0.05, 0.1) is 6.10 Å². The van der Waals surface area contributed by atoms with E-state index in [1.807, 2.05) is 26.8 Å². The molecular weight excluding hydrogens is 427 g/mol. The maximum Gasteiger partial charge on any atom is 0.267 e. The highest BCUT2D eigenvalue weighted by molar-refractivity contribution is 5.50. The largest absolute Gasteiger partial charge is 0.389 e. The first-order valence-electron chi connectivity index (χ1n) is 11.1. The summed E-state index contributed by atoms with van der Waals surface area (Å²) >= 11 is 0. The van der Waals surface area contributed by atoms with Gasteiger partial charge >= 0.3 is 0 Å². The molecule has 0 radical (unpaired) electrons. The molecule has 1 aromatic carbocycles. The summed E-state index contributed by atoms with van der Waals surface area (Å²) in [7, 11) is 0. The standard InChI is InChI=1S/C10H13NO.C7H13NO4.C6H5F.C2H6/c1-3-9-5-6-11(8-12)7-10(9)4-2;1-6-2-3-7(4-9,5-12-6)8(10)11;7-6-4-2-1-3-5-6;1-2/h3-4,8H,1-2,5-7H2;6,9H,2-5H2,1H3;1-5H;1-2H3/t;6-,7-;;/m.1../s1. The third-order valence-electron chi connectivity index (χ3n) is 5.16. The van der Waals surface area contributed by atoms with Crippen LogP contribution in [0.15, 0.2) is 66.8 Å². The second-order valence-electron chi connectivity index (χ2n) is 7.38. The molecule has 184 valence electrons. The van der Waals surface area contributed by atoms with E-state index in [9.17, 15) is 19.3 Å². The van der Waals surface area contributed by atoms with Gasteiger partial charge in [-0.25, -0.2) is 4.39 Å². The monoisotopic (exact) mass is 464 g/mol. The summed E-state index contributed by atoms with van der Waals surface area (Å²) in [5.74, 6) is -0.178. The van der Waals surface area contributed by atoms with Gasteiger partial charge in [-0.3, -0.25) is 14.9 Å². The molecule has 0 spiro atoms. The zero-order valence-corrected chi connectivity index (χ0v) is 19.9. The molecule has 1 fully saturated rings. The maximum atomic E-state index is 11.9. The van der Waals surface area contributed by atoms with Crippen molar-refractivity contribution in [3.05, 3.63) is 82.7 Å². The van der Waals surface area contributed by atoms with Crippen molar-refractivity contribution in [3.8, 4) is 0 Å². The van der Waals surface area contributed by atoms with E-state index in [4.69, 9.17) is 9.84 Å². The van der Waals surface area contributed by atoms with E-state index >= 15 is 0 Å². The molecule has 2 atom stereocenters. The summed E-state index contributed by atoms with van der Waals surface area (Å²) in [6.45, 7) is 14.4. The van der Waals surface area contributed by atoms with Crippen molar-refractivity contribution < 1.29 is 24.0 Å². The van der Waals surface area contributed by atoms with E-state index in [1.165, 1.54) is 17.7 Å². The fourth-order valence-corrected chi connectivity index (χ4v) is 3.01. The van der Waals surface area contributed by atoms with E-state index in [2.05, 4.69) is 13.2 Å². The molecule has 0 aliphatic carbocycles. The Morgan fingerprint density at radius 2 is 1.88 bits per heavy atom. The number of rotatable bonds is 5. The summed E-state index contributed by atoms with van der Waals surface area (Å²) in [4.78, 5) is 22.3. The van der Waals surface area contributed by atoms with Crippen molar-refractivity contribution in [3.63, 3.8) is 0 Å². The van der Waals surface area contributed by atoms with Crippen LogP contribution in [0.4, 0.5) is 4.39 Å². The quantitative estimate of drug-likeness (QED) is 0.392. The highest BCUT2D eigenvalue weighted by Crippen LogP contribution is 2.25. The molecule has 1 amide bonds. The number of carbonyl (C=O) groups is 1. The lowest BCUT2D eigenvalue weighted by molar-refractivity contribution is -0.584. The molecule has 7 nitrogen and oxygen atoms in total. The minimum Gasteiger partial charge on any atom is -0.389 e. The van der Waals surface area contributed by atoms with Crippen LogP contribution >= 0.6 is 0 Å². The maximum absolute atomic E-state index is 11.9. The number of hydrogen-bond donors (Lipinski definition) is 1. The van der Waals surface area contributed by atoms with Crippen LogP contribution in [0.1, 0.15) is 40.0 Å². The van der Waals surface area contributed by atoms with Crippen LogP contribution < -0.4 is 0 Å². The predicted molar refractivity (Wildman–Crippen MR) is 129 cm³/mol. The summed E-state index contributed by atoms with van der Waals surface area (Å²) in [5, 5.41) is 19.5. The fourth-order valence-electron chi connectivity index (χ4n) is 3.01. The van der Waals surface area contributed by atoms with Crippen LogP contribution in [0.5, 0.6) is 0 Å². The van der Waals surface area contributed by atoms with Crippen LogP contribution in [0, 0.1) is 15.9 Å². The van der Waals surface area contributed by atoms with Crippen LogP contribution in [0.25, 0.3) is 0 Å². The Balaban J connectivity index is 0.000000462. The first-order valence-corrected chi connectivity index (χ1v) is 11.1. The van der Waals surface area contributed by atoms with Crippen LogP contribution in [-0.4, -0.2) is 59.3 Å². The summed E-state index contributed by atoms with van der Waals surface area (Å²) < 4.78 is 17.1. The molecule has 0 aromatic heterocycles. The van der Waals surface area contributed by atoms with Gasteiger partial charge in [0.15, 0.2) is 0 Å². The summed E-state index contributed by atoms with van der Waals surface area (Å²) in [5.41, 5.74) is 1.08. The number of benzene rings is 1. The Hall–Kier alpha value is -2.84. The molecule has 2 heterocycles. The van der Waals surface area contributed by atoms with Gasteiger partial charge in [0.2, 0.25) is 6.41 Å². The topological polar surface area (TPSA) is 92.9 Å². The average Bonchev–Trinajstić information content (AvgIpc) is 2.86. The second-order valence-corrected chi connectivity index (χ2v) is 7.38. The highest BCUT2D eigenvalue weighted by atomic mass is 19.1. The minimum absolute atomic E-state index is 0.0255. The zero-order valence-electron chi connectivity index (χ0n) is 19.9. The average molecular weight is 465 g/mol. The van der Waals surface area contributed by atoms with Gasteiger partial charge in [-0.05, 0) is 43.0 Å². The summed E-state index contributed by atoms with van der Waals surface area (Å²) in [6, 6.07) is 7.94. The van der Waals surface area contributed by atoms with E-state index in [1.54, 1.807) is 29.2 Å². The van der Waals surface area contributed by atoms with Crippen molar-refractivity contribution in [1.29, 1.82) is 0 Å². The molecule has 3 rings (SSSR count).